The lowest BCUT2D eigenvalue weighted by Gasteiger charge is -2.26. The molecule has 0 aromatic heterocycles. The largest absolute Gasteiger partial charge is 0.479 e. The van der Waals surface area contributed by atoms with Gasteiger partial charge < -0.3 is 15.2 Å². The maximum atomic E-state index is 11.0. The first kappa shape index (κ1) is 9.45. The number of rotatable bonds is 2. The van der Waals surface area contributed by atoms with Crippen LogP contribution in [0.25, 0.3) is 0 Å². The van der Waals surface area contributed by atoms with Gasteiger partial charge in [0.1, 0.15) is 0 Å². The summed E-state index contributed by atoms with van der Waals surface area (Å²) in [4.78, 5) is 21.9. The Bertz CT molecular complexity index is 291. The summed E-state index contributed by atoms with van der Waals surface area (Å²) in [5, 5.41) is 11.8. The number of hydrogen-bond acceptors (Lipinski definition) is 3. The molecule has 2 aliphatic rings. The first-order chi connectivity index (χ1) is 6.48. The zero-order valence-corrected chi connectivity index (χ0v) is 8.00. The molecular weight excluding hydrogens is 186 g/mol. The van der Waals surface area contributed by atoms with Crippen molar-refractivity contribution in [3.8, 4) is 0 Å². The van der Waals surface area contributed by atoms with Crippen molar-refractivity contribution < 1.29 is 19.4 Å². The van der Waals surface area contributed by atoms with E-state index < -0.39 is 17.1 Å². The molecule has 5 nitrogen and oxygen atoms in total. The highest BCUT2D eigenvalue weighted by molar-refractivity contribution is 5.80. The standard InChI is InChI=1S/C9H13NO4/c1-6(11)10-8-2-3-9(4-8,7(12)13)14-5-8/h2-5H2,1H3,(H,10,11)(H,12,13). The van der Waals surface area contributed by atoms with Crippen LogP contribution in [0.3, 0.4) is 0 Å². The Morgan fingerprint density at radius 1 is 1.43 bits per heavy atom. The van der Waals surface area contributed by atoms with Crippen LogP contribution < -0.4 is 5.32 Å². The van der Waals surface area contributed by atoms with E-state index in [1.165, 1.54) is 6.92 Å². The molecule has 5 heteroatoms. The summed E-state index contributed by atoms with van der Waals surface area (Å²) in [5.41, 5.74) is -1.47. The summed E-state index contributed by atoms with van der Waals surface area (Å²) < 4.78 is 5.29. The topological polar surface area (TPSA) is 75.6 Å². The van der Waals surface area contributed by atoms with Gasteiger partial charge in [0.25, 0.3) is 0 Å². The van der Waals surface area contributed by atoms with Gasteiger partial charge in [-0.3, -0.25) is 4.79 Å². The molecule has 2 atom stereocenters. The fourth-order valence-corrected chi connectivity index (χ4v) is 2.45. The third-order valence-corrected chi connectivity index (χ3v) is 3.09. The first-order valence-corrected chi connectivity index (χ1v) is 4.64. The molecule has 1 saturated heterocycles. The monoisotopic (exact) mass is 199 g/mol. The molecule has 0 spiro atoms. The first-order valence-electron chi connectivity index (χ1n) is 4.64. The highest BCUT2D eigenvalue weighted by Crippen LogP contribution is 2.47. The fraction of sp³-hybridized carbons (Fsp3) is 0.778. The van der Waals surface area contributed by atoms with Crippen LogP contribution in [-0.2, 0) is 14.3 Å². The molecule has 1 amide bonds. The molecule has 2 rings (SSSR count). The maximum absolute atomic E-state index is 11.0. The second-order valence-corrected chi connectivity index (χ2v) is 4.23. The van der Waals surface area contributed by atoms with E-state index in [9.17, 15) is 9.59 Å². The Labute approximate surface area is 81.4 Å². The van der Waals surface area contributed by atoms with Gasteiger partial charge in [-0.25, -0.2) is 4.79 Å². The summed E-state index contributed by atoms with van der Waals surface area (Å²) in [7, 11) is 0. The molecule has 1 aliphatic carbocycles. The van der Waals surface area contributed by atoms with Gasteiger partial charge in [0.05, 0.1) is 12.1 Å². The highest BCUT2D eigenvalue weighted by Gasteiger charge is 2.60. The van der Waals surface area contributed by atoms with Crippen molar-refractivity contribution in [2.75, 3.05) is 6.61 Å². The number of nitrogens with one attached hydrogen (secondary N) is 1. The van der Waals surface area contributed by atoms with Crippen LogP contribution in [0.4, 0.5) is 0 Å². The van der Waals surface area contributed by atoms with Crippen LogP contribution in [0.15, 0.2) is 0 Å². The number of amides is 1. The molecule has 78 valence electrons. The molecule has 2 N–H and O–H groups in total. The van der Waals surface area contributed by atoms with Crippen molar-refractivity contribution in [1.29, 1.82) is 0 Å². The molecule has 2 unspecified atom stereocenters. The van der Waals surface area contributed by atoms with Gasteiger partial charge in [-0.1, -0.05) is 0 Å². The number of carboxylic acids is 1. The average Bonchev–Trinajstić information content (AvgIpc) is 2.58. The molecule has 1 aliphatic heterocycles. The number of carbonyl (C=O) groups excluding carboxylic acids is 1. The van der Waals surface area contributed by atoms with E-state index in [0.29, 0.717) is 25.9 Å². The molecule has 0 aromatic carbocycles. The van der Waals surface area contributed by atoms with Crippen LogP contribution in [0.5, 0.6) is 0 Å². The molecule has 2 bridgehead atoms. The Morgan fingerprint density at radius 3 is 2.50 bits per heavy atom. The van der Waals surface area contributed by atoms with E-state index in [-0.39, 0.29) is 5.91 Å². The van der Waals surface area contributed by atoms with Gasteiger partial charge in [0.15, 0.2) is 5.60 Å². The zero-order chi connectivity index (χ0) is 10.4. The van der Waals surface area contributed by atoms with E-state index in [4.69, 9.17) is 9.84 Å². The second-order valence-electron chi connectivity index (χ2n) is 4.23. The molecule has 1 heterocycles. The number of fused-ring (bicyclic) bond motifs is 2. The van der Waals surface area contributed by atoms with Crippen LogP contribution in [0.1, 0.15) is 26.2 Å². The molecule has 0 radical (unpaired) electrons. The van der Waals surface area contributed by atoms with Crippen molar-refractivity contribution in [2.45, 2.75) is 37.3 Å². The summed E-state index contributed by atoms with van der Waals surface area (Å²) in [5.74, 6) is -1.04. The lowest BCUT2D eigenvalue weighted by atomic mass is 9.98. The van der Waals surface area contributed by atoms with Gasteiger partial charge in [-0.15, -0.1) is 0 Å². The number of carbonyl (C=O) groups is 2. The normalized spacial score (nSPS) is 39.8. The molecule has 0 aromatic rings. The molecule has 1 saturated carbocycles. The molecular formula is C9H13NO4. The lowest BCUT2D eigenvalue weighted by molar-refractivity contribution is -0.161. The minimum absolute atomic E-state index is 0.128. The van der Waals surface area contributed by atoms with Crippen LogP contribution >= 0.6 is 0 Å². The van der Waals surface area contributed by atoms with Crippen LogP contribution in [0.2, 0.25) is 0 Å². The van der Waals surface area contributed by atoms with E-state index in [2.05, 4.69) is 5.32 Å². The Balaban J connectivity index is 2.16. The van der Waals surface area contributed by atoms with Gasteiger partial charge in [-0.05, 0) is 12.8 Å². The van der Waals surface area contributed by atoms with E-state index >= 15 is 0 Å². The smallest absolute Gasteiger partial charge is 0.336 e. The third kappa shape index (κ3) is 1.19. The Kier molecular flexibility index (Phi) is 1.82. The van der Waals surface area contributed by atoms with E-state index in [0.717, 1.165) is 0 Å². The predicted molar refractivity (Wildman–Crippen MR) is 46.7 cm³/mol. The fourth-order valence-electron chi connectivity index (χ4n) is 2.45. The van der Waals surface area contributed by atoms with Crippen molar-refractivity contribution in [3.05, 3.63) is 0 Å². The molecule has 14 heavy (non-hydrogen) atoms. The third-order valence-electron chi connectivity index (χ3n) is 3.09. The van der Waals surface area contributed by atoms with Crippen molar-refractivity contribution >= 4 is 11.9 Å². The molecule has 2 fully saturated rings. The zero-order valence-electron chi connectivity index (χ0n) is 8.00. The summed E-state index contributed by atoms with van der Waals surface area (Å²) in [6.07, 6.45) is 1.58. The Hall–Kier alpha value is -1.10. The lowest BCUT2D eigenvalue weighted by Crippen LogP contribution is -2.47. The van der Waals surface area contributed by atoms with Crippen LogP contribution in [-0.4, -0.2) is 34.7 Å². The minimum Gasteiger partial charge on any atom is -0.479 e. The van der Waals surface area contributed by atoms with Gasteiger partial charge in [0.2, 0.25) is 5.91 Å². The summed E-state index contributed by atoms with van der Waals surface area (Å²) in [6.45, 7) is 1.76. The second kappa shape index (κ2) is 2.70. The highest BCUT2D eigenvalue weighted by atomic mass is 16.5. The quantitative estimate of drug-likeness (QED) is 0.651. The predicted octanol–water partition coefficient (Wildman–Crippen LogP) is -0.101. The number of carboxylic acid groups (broad SMARTS) is 1. The van der Waals surface area contributed by atoms with Gasteiger partial charge >= 0.3 is 5.97 Å². The summed E-state index contributed by atoms with van der Waals surface area (Å²) >= 11 is 0. The average molecular weight is 199 g/mol. The number of aliphatic carboxylic acids is 1. The number of ether oxygens (including phenoxy) is 1. The number of hydrogen-bond donors (Lipinski definition) is 2. The van der Waals surface area contributed by atoms with E-state index in [1.807, 2.05) is 0 Å². The van der Waals surface area contributed by atoms with Crippen LogP contribution in [0, 0.1) is 0 Å². The maximum Gasteiger partial charge on any atom is 0.336 e. The summed E-state index contributed by atoms with van der Waals surface area (Å²) in [6, 6.07) is 0. The Morgan fingerprint density at radius 2 is 2.14 bits per heavy atom. The van der Waals surface area contributed by atoms with Crippen molar-refractivity contribution in [2.24, 2.45) is 0 Å². The van der Waals surface area contributed by atoms with E-state index in [1.54, 1.807) is 0 Å². The SMILES string of the molecule is CC(=O)NC12CCC(C(=O)O)(C1)OC2. The van der Waals surface area contributed by atoms with Crippen molar-refractivity contribution in [1.82, 2.24) is 5.32 Å². The van der Waals surface area contributed by atoms with Gasteiger partial charge in [0, 0.05) is 13.3 Å². The van der Waals surface area contributed by atoms with Gasteiger partial charge in [-0.2, -0.15) is 0 Å². The van der Waals surface area contributed by atoms with Crippen molar-refractivity contribution in [3.63, 3.8) is 0 Å². The minimum atomic E-state index is -1.04.